The molecule has 2 aliphatic heterocycles. The number of rotatable bonds is 0. The van der Waals surface area contributed by atoms with Crippen molar-refractivity contribution in [3.05, 3.63) is 191 Å². The van der Waals surface area contributed by atoms with Gasteiger partial charge in [-0.3, -0.25) is 0 Å². The molecule has 8 aromatic rings. The minimum Gasteiger partial charge on any atom is -0.457 e. The van der Waals surface area contributed by atoms with Gasteiger partial charge in [0.05, 0.1) is 10.8 Å². The molecule has 0 fully saturated rings. The van der Waals surface area contributed by atoms with E-state index in [2.05, 4.69) is 158 Å². The topological polar surface area (TPSA) is 18.5 Å². The van der Waals surface area contributed by atoms with Gasteiger partial charge in [-0.05, 0) is 67.7 Å². The second-order valence-corrected chi connectivity index (χ2v) is 12.7. The Hall–Kier alpha value is -5.86. The lowest BCUT2D eigenvalue weighted by molar-refractivity contribution is 0.322. The van der Waals surface area contributed by atoms with Crippen LogP contribution >= 0.6 is 0 Å². The van der Waals surface area contributed by atoms with Gasteiger partial charge in [0.2, 0.25) is 0 Å². The molecule has 1 aliphatic carbocycles. The van der Waals surface area contributed by atoms with Gasteiger partial charge in [0.1, 0.15) is 23.0 Å². The van der Waals surface area contributed by atoms with Crippen molar-refractivity contribution in [2.75, 3.05) is 0 Å². The molecule has 0 aromatic heterocycles. The maximum atomic E-state index is 6.81. The molecule has 2 heteroatoms. The lowest BCUT2D eigenvalue weighted by Crippen LogP contribution is -2.56. The molecule has 0 radical (unpaired) electrons. The molecule has 2 spiro atoms. The van der Waals surface area contributed by atoms with Gasteiger partial charge in [-0.2, -0.15) is 0 Å². The summed E-state index contributed by atoms with van der Waals surface area (Å²) < 4.78 is 13.6. The van der Waals surface area contributed by atoms with Gasteiger partial charge in [-0.1, -0.05) is 133 Å². The van der Waals surface area contributed by atoms with Crippen molar-refractivity contribution in [2.24, 2.45) is 0 Å². The number of hydrogen-bond acceptors (Lipinski definition) is 2. The van der Waals surface area contributed by atoms with Crippen LogP contribution in [-0.4, -0.2) is 0 Å². The van der Waals surface area contributed by atoms with Crippen molar-refractivity contribution in [1.82, 2.24) is 0 Å². The molecule has 3 aliphatic rings. The Labute approximate surface area is 266 Å². The second kappa shape index (κ2) is 8.44. The Morgan fingerprint density at radius 1 is 0.261 bits per heavy atom. The van der Waals surface area contributed by atoms with Crippen LogP contribution in [0.5, 0.6) is 23.0 Å². The van der Waals surface area contributed by atoms with Gasteiger partial charge in [0.15, 0.2) is 0 Å². The normalized spacial score (nSPS) is 15.7. The van der Waals surface area contributed by atoms with Crippen molar-refractivity contribution in [3.63, 3.8) is 0 Å². The smallest absolute Gasteiger partial charge is 0.131 e. The SMILES string of the molecule is c1ccc2c(c1)Oc1ccccc1C21c2cccc3c4ccccc4c4cccc(c4c23)C12c1ccccc1Oc1ccccc12. The van der Waals surface area contributed by atoms with E-state index in [1.807, 2.05) is 0 Å². The van der Waals surface area contributed by atoms with Crippen LogP contribution in [0.25, 0.3) is 32.3 Å². The van der Waals surface area contributed by atoms with Gasteiger partial charge in [0.25, 0.3) is 0 Å². The highest BCUT2D eigenvalue weighted by molar-refractivity contribution is 6.28. The van der Waals surface area contributed by atoms with Crippen LogP contribution in [0.1, 0.15) is 33.4 Å². The molecule has 0 N–H and O–H groups in total. The largest absolute Gasteiger partial charge is 0.457 e. The molecule has 0 bridgehead atoms. The second-order valence-electron chi connectivity index (χ2n) is 12.7. The van der Waals surface area contributed by atoms with E-state index in [1.165, 1.54) is 43.4 Å². The zero-order chi connectivity index (χ0) is 30.0. The summed E-state index contributed by atoms with van der Waals surface area (Å²) in [6.07, 6.45) is 0. The summed E-state index contributed by atoms with van der Waals surface area (Å²) in [5.41, 5.74) is 5.78. The molecular formula is C44H26O2. The van der Waals surface area contributed by atoms with Gasteiger partial charge < -0.3 is 9.47 Å². The number of benzene rings is 8. The van der Waals surface area contributed by atoms with Crippen LogP contribution in [0, 0.1) is 0 Å². The first kappa shape index (κ1) is 24.5. The number of hydrogen-bond donors (Lipinski definition) is 0. The predicted molar refractivity (Wildman–Crippen MR) is 185 cm³/mol. The summed E-state index contributed by atoms with van der Waals surface area (Å²) in [6.45, 7) is 0. The summed E-state index contributed by atoms with van der Waals surface area (Å²) in [7, 11) is 0. The molecule has 0 saturated carbocycles. The Morgan fingerprint density at radius 3 is 0.913 bits per heavy atom. The van der Waals surface area contributed by atoms with E-state index >= 15 is 0 Å². The first-order chi connectivity index (χ1) is 22.8. The fourth-order valence-corrected chi connectivity index (χ4v) is 9.45. The van der Waals surface area contributed by atoms with Crippen LogP contribution in [-0.2, 0) is 10.8 Å². The molecule has 8 aromatic carbocycles. The van der Waals surface area contributed by atoms with Crippen LogP contribution in [0.2, 0.25) is 0 Å². The minimum absolute atomic E-state index is 0.711. The number of ether oxygens (including phenoxy) is 2. The van der Waals surface area contributed by atoms with Gasteiger partial charge in [0, 0.05) is 22.3 Å². The van der Waals surface area contributed by atoms with E-state index < -0.39 is 10.8 Å². The van der Waals surface area contributed by atoms with Crippen molar-refractivity contribution in [1.29, 1.82) is 0 Å². The highest BCUT2D eigenvalue weighted by Crippen LogP contribution is 2.72. The maximum Gasteiger partial charge on any atom is 0.131 e. The summed E-state index contributed by atoms with van der Waals surface area (Å²) >= 11 is 0. The molecule has 11 rings (SSSR count). The standard InChI is InChI=1S/C44H26O2/c1-2-14-28-27(13-1)29-15-11-21-35-41(29)42-30(28)16-12-22-36(42)44(33-19-5-9-25-39(33)46-40-26-10-6-20-34(40)44)43(35)31-17-3-7-23-37(31)45-38-24-8-4-18-32(38)43/h1-26H. The van der Waals surface area contributed by atoms with E-state index in [0.29, 0.717) is 0 Å². The van der Waals surface area contributed by atoms with Crippen molar-refractivity contribution < 1.29 is 9.47 Å². The summed E-state index contributed by atoms with van der Waals surface area (Å²) in [5, 5.41) is 7.72. The van der Waals surface area contributed by atoms with E-state index in [0.717, 1.165) is 45.3 Å². The van der Waals surface area contributed by atoms with Crippen LogP contribution < -0.4 is 9.47 Å². The number of para-hydroxylation sites is 4. The van der Waals surface area contributed by atoms with E-state index in [-0.39, 0.29) is 0 Å². The van der Waals surface area contributed by atoms with Crippen molar-refractivity contribution in [3.8, 4) is 23.0 Å². The molecule has 2 heterocycles. The Balaban J connectivity index is 1.53. The third-order valence-electron chi connectivity index (χ3n) is 10.9. The van der Waals surface area contributed by atoms with E-state index in [4.69, 9.17) is 9.47 Å². The molecule has 214 valence electrons. The zero-order valence-electron chi connectivity index (χ0n) is 24.8. The average molecular weight is 587 g/mol. The minimum atomic E-state index is -0.711. The molecular weight excluding hydrogens is 560 g/mol. The summed E-state index contributed by atoms with van der Waals surface area (Å²) in [4.78, 5) is 0. The lowest BCUT2D eigenvalue weighted by atomic mass is 9.43. The van der Waals surface area contributed by atoms with Crippen LogP contribution in [0.4, 0.5) is 0 Å². The van der Waals surface area contributed by atoms with E-state index in [9.17, 15) is 0 Å². The Kier molecular flexibility index (Phi) is 4.49. The average Bonchev–Trinajstić information content (AvgIpc) is 3.12. The first-order valence-corrected chi connectivity index (χ1v) is 15.9. The van der Waals surface area contributed by atoms with Crippen LogP contribution in [0.15, 0.2) is 158 Å². The van der Waals surface area contributed by atoms with Gasteiger partial charge >= 0.3 is 0 Å². The molecule has 2 nitrogen and oxygen atoms in total. The monoisotopic (exact) mass is 586 g/mol. The fourth-order valence-electron chi connectivity index (χ4n) is 9.45. The third kappa shape index (κ3) is 2.60. The Morgan fingerprint density at radius 2 is 0.543 bits per heavy atom. The molecule has 0 saturated heterocycles. The van der Waals surface area contributed by atoms with E-state index in [1.54, 1.807) is 0 Å². The highest BCUT2D eigenvalue weighted by Gasteiger charge is 2.65. The summed E-state index contributed by atoms with van der Waals surface area (Å²) in [6, 6.07) is 57.5. The molecule has 0 atom stereocenters. The Bertz CT molecular complexity index is 2340. The maximum absolute atomic E-state index is 6.81. The lowest BCUT2D eigenvalue weighted by Gasteiger charge is -2.58. The highest BCUT2D eigenvalue weighted by atomic mass is 16.5. The first-order valence-electron chi connectivity index (χ1n) is 15.9. The molecule has 46 heavy (non-hydrogen) atoms. The van der Waals surface area contributed by atoms with Crippen molar-refractivity contribution >= 4 is 32.3 Å². The van der Waals surface area contributed by atoms with Gasteiger partial charge in [-0.15, -0.1) is 0 Å². The molecule has 0 amide bonds. The van der Waals surface area contributed by atoms with Crippen molar-refractivity contribution in [2.45, 2.75) is 10.8 Å². The fraction of sp³-hybridized carbons (Fsp3) is 0.0455. The third-order valence-corrected chi connectivity index (χ3v) is 10.9. The molecule has 0 unspecified atom stereocenters. The summed E-state index contributed by atoms with van der Waals surface area (Å²) in [5.74, 6) is 3.54. The van der Waals surface area contributed by atoms with Crippen LogP contribution in [0.3, 0.4) is 0 Å². The zero-order valence-corrected chi connectivity index (χ0v) is 24.8. The quantitative estimate of drug-likeness (QED) is 0.165. The predicted octanol–water partition coefficient (Wildman–Crippen LogP) is 11.0. The van der Waals surface area contributed by atoms with Gasteiger partial charge in [-0.25, -0.2) is 0 Å². The number of fused-ring (bicyclic) bond motifs is 14.